The second-order valence-electron chi connectivity index (χ2n) is 8.15. The lowest BCUT2D eigenvalue weighted by Crippen LogP contribution is -2.44. The summed E-state index contributed by atoms with van der Waals surface area (Å²) in [6.45, 7) is 3.33. The van der Waals surface area contributed by atoms with Crippen LogP contribution in [-0.2, 0) is 14.9 Å². The van der Waals surface area contributed by atoms with Crippen molar-refractivity contribution in [2.24, 2.45) is 0 Å². The molecule has 3 aromatic rings. The number of nitrogens with one attached hydrogen (secondary N) is 2. The largest absolute Gasteiger partial charge is 0.494 e. The summed E-state index contributed by atoms with van der Waals surface area (Å²) in [5.74, 6) is -0.115. The Balaban J connectivity index is 1.44. The number of hydrogen-bond acceptors (Lipinski definition) is 4. The third kappa shape index (κ3) is 5.26. The Morgan fingerprint density at radius 1 is 0.941 bits per heavy atom. The van der Waals surface area contributed by atoms with E-state index in [0.29, 0.717) is 55.2 Å². The van der Waals surface area contributed by atoms with Crippen LogP contribution in [0.15, 0.2) is 72.8 Å². The molecule has 3 aromatic carbocycles. The monoisotopic (exact) mass is 462 g/mol. The molecule has 1 heterocycles. The molecule has 0 saturated carbocycles. The lowest BCUT2D eigenvalue weighted by Gasteiger charge is -2.36. The summed E-state index contributed by atoms with van der Waals surface area (Å²) in [4.78, 5) is 26.0. The van der Waals surface area contributed by atoms with Gasteiger partial charge in [0.15, 0.2) is 0 Å². The van der Waals surface area contributed by atoms with Gasteiger partial charge in [-0.2, -0.15) is 0 Å². The number of ether oxygens (including phenoxy) is 2. The molecule has 0 bridgehead atoms. The van der Waals surface area contributed by atoms with Crippen LogP contribution in [-0.4, -0.2) is 31.6 Å². The Morgan fingerprint density at radius 2 is 1.59 bits per heavy atom. The molecule has 2 N–H and O–H groups in total. The SMILES string of the molecule is CCOc1ccc(NC(=O)c2ccc(NC(=O)C3(c4cccc(F)c4)CCOCC3)cc2)cc1. The number of carbonyl (C=O) groups excluding carboxylic acids is 2. The number of anilines is 2. The topological polar surface area (TPSA) is 76.7 Å². The van der Waals surface area contributed by atoms with Crippen molar-refractivity contribution in [3.63, 3.8) is 0 Å². The van der Waals surface area contributed by atoms with Crippen LogP contribution >= 0.6 is 0 Å². The molecule has 7 heteroatoms. The minimum absolute atomic E-state index is 0.215. The van der Waals surface area contributed by atoms with Gasteiger partial charge in [-0.3, -0.25) is 9.59 Å². The van der Waals surface area contributed by atoms with E-state index in [9.17, 15) is 14.0 Å². The lowest BCUT2D eigenvalue weighted by atomic mass is 9.73. The lowest BCUT2D eigenvalue weighted by molar-refractivity contribution is -0.125. The Labute approximate surface area is 198 Å². The van der Waals surface area contributed by atoms with Crippen LogP contribution in [0, 0.1) is 5.82 Å². The summed E-state index contributed by atoms with van der Waals surface area (Å²) in [6, 6.07) is 20.0. The summed E-state index contributed by atoms with van der Waals surface area (Å²) < 4.78 is 24.8. The Bertz CT molecular complexity index is 1140. The van der Waals surface area contributed by atoms with Crippen LogP contribution in [0.5, 0.6) is 5.75 Å². The van der Waals surface area contributed by atoms with Gasteiger partial charge in [-0.15, -0.1) is 0 Å². The summed E-state index contributed by atoms with van der Waals surface area (Å²) in [7, 11) is 0. The second-order valence-corrected chi connectivity index (χ2v) is 8.15. The molecule has 4 rings (SSSR count). The van der Waals surface area contributed by atoms with E-state index < -0.39 is 5.41 Å². The van der Waals surface area contributed by atoms with Crippen molar-refractivity contribution < 1.29 is 23.5 Å². The second kappa shape index (κ2) is 10.5. The van der Waals surface area contributed by atoms with E-state index in [4.69, 9.17) is 9.47 Å². The third-order valence-corrected chi connectivity index (χ3v) is 5.99. The zero-order valence-corrected chi connectivity index (χ0v) is 19.0. The van der Waals surface area contributed by atoms with E-state index in [1.807, 2.05) is 6.92 Å². The molecule has 1 saturated heterocycles. The number of amides is 2. The normalized spacial score (nSPS) is 14.8. The first-order valence-corrected chi connectivity index (χ1v) is 11.3. The third-order valence-electron chi connectivity index (χ3n) is 5.99. The van der Waals surface area contributed by atoms with E-state index in [1.54, 1.807) is 60.7 Å². The van der Waals surface area contributed by atoms with E-state index in [2.05, 4.69) is 10.6 Å². The predicted molar refractivity (Wildman–Crippen MR) is 129 cm³/mol. The van der Waals surface area contributed by atoms with E-state index in [1.165, 1.54) is 12.1 Å². The van der Waals surface area contributed by atoms with E-state index >= 15 is 0 Å². The van der Waals surface area contributed by atoms with Crippen LogP contribution in [0.3, 0.4) is 0 Å². The first-order chi connectivity index (χ1) is 16.5. The van der Waals surface area contributed by atoms with E-state index in [0.717, 1.165) is 5.75 Å². The minimum Gasteiger partial charge on any atom is -0.494 e. The minimum atomic E-state index is -0.871. The first-order valence-electron chi connectivity index (χ1n) is 11.3. The van der Waals surface area contributed by atoms with Crippen LogP contribution in [0.2, 0.25) is 0 Å². The molecule has 2 amide bonds. The van der Waals surface area contributed by atoms with Gasteiger partial charge in [0.1, 0.15) is 11.6 Å². The average molecular weight is 463 g/mol. The molecule has 1 aliphatic rings. The predicted octanol–water partition coefficient (Wildman–Crippen LogP) is 5.16. The molecule has 0 spiro atoms. The molecular weight excluding hydrogens is 435 g/mol. The fourth-order valence-corrected chi connectivity index (χ4v) is 4.11. The smallest absolute Gasteiger partial charge is 0.255 e. The van der Waals surface area contributed by atoms with E-state index in [-0.39, 0.29) is 17.6 Å². The van der Waals surface area contributed by atoms with Crippen molar-refractivity contribution >= 4 is 23.2 Å². The van der Waals surface area contributed by atoms with Gasteiger partial charge in [-0.25, -0.2) is 4.39 Å². The molecule has 1 fully saturated rings. The number of rotatable bonds is 7. The Morgan fingerprint density at radius 3 is 2.24 bits per heavy atom. The van der Waals surface area contributed by atoms with Crippen molar-refractivity contribution in [2.45, 2.75) is 25.2 Å². The van der Waals surface area contributed by atoms with Crippen LogP contribution < -0.4 is 15.4 Å². The molecule has 0 radical (unpaired) electrons. The highest BCUT2D eigenvalue weighted by molar-refractivity contribution is 6.05. The zero-order valence-electron chi connectivity index (χ0n) is 19.0. The van der Waals surface area contributed by atoms with Gasteiger partial charge in [0, 0.05) is 30.2 Å². The highest BCUT2D eigenvalue weighted by Gasteiger charge is 2.42. The summed E-state index contributed by atoms with van der Waals surface area (Å²) in [6.07, 6.45) is 0.926. The van der Waals surface area contributed by atoms with Gasteiger partial charge in [-0.05, 0) is 86.0 Å². The fraction of sp³-hybridized carbons (Fsp3) is 0.259. The van der Waals surface area contributed by atoms with Crippen molar-refractivity contribution in [2.75, 3.05) is 30.5 Å². The maximum absolute atomic E-state index is 13.9. The standard InChI is InChI=1S/C27H27FN2O4/c1-2-34-24-12-10-22(11-13-24)29-25(31)19-6-8-23(9-7-19)30-26(32)27(14-16-33-17-15-27)20-4-3-5-21(28)18-20/h3-13,18H,2,14-17H2,1H3,(H,29,31)(H,30,32). The summed E-state index contributed by atoms with van der Waals surface area (Å²) in [5.41, 5.74) is 1.44. The maximum atomic E-state index is 13.9. The van der Waals surface area contributed by atoms with Crippen LogP contribution in [0.1, 0.15) is 35.7 Å². The van der Waals surface area contributed by atoms with Crippen molar-refractivity contribution in [1.82, 2.24) is 0 Å². The molecule has 176 valence electrons. The molecule has 34 heavy (non-hydrogen) atoms. The van der Waals surface area contributed by atoms with Gasteiger partial charge in [0.05, 0.1) is 12.0 Å². The van der Waals surface area contributed by atoms with Crippen molar-refractivity contribution in [3.05, 3.63) is 89.7 Å². The molecule has 6 nitrogen and oxygen atoms in total. The van der Waals surface area contributed by atoms with Gasteiger partial charge < -0.3 is 20.1 Å². The van der Waals surface area contributed by atoms with Gasteiger partial charge in [0.25, 0.3) is 5.91 Å². The average Bonchev–Trinajstić information content (AvgIpc) is 2.86. The van der Waals surface area contributed by atoms with Crippen molar-refractivity contribution in [1.29, 1.82) is 0 Å². The number of benzene rings is 3. The van der Waals surface area contributed by atoms with Gasteiger partial charge in [-0.1, -0.05) is 12.1 Å². The van der Waals surface area contributed by atoms with Gasteiger partial charge in [0.2, 0.25) is 5.91 Å². The zero-order chi connectivity index (χ0) is 24.0. The molecule has 1 aliphatic heterocycles. The molecule has 0 aliphatic carbocycles. The molecular formula is C27H27FN2O4. The number of hydrogen-bond donors (Lipinski definition) is 2. The Hall–Kier alpha value is -3.71. The molecule has 0 unspecified atom stereocenters. The summed E-state index contributed by atoms with van der Waals surface area (Å²) in [5, 5.41) is 5.78. The molecule has 0 aromatic heterocycles. The van der Waals surface area contributed by atoms with Crippen LogP contribution in [0.25, 0.3) is 0 Å². The Kier molecular flexibility index (Phi) is 7.23. The highest BCUT2D eigenvalue weighted by atomic mass is 19.1. The quantitative estimate of drug-likeness (QED) is 0.508. The molecule has 0 atom stereocenters. The number of carbonyl (C=O) groups is 2. The highest BCUT2D eigenvalue weighted by Crippen LogP contribution is 2.36. The van der Waals surface area contributed by atoms with Crippen molar-refractivity contribution in [3.8, 4) is 5.75 Å². The van der Waals surface area contributed by atoms with Gasteiger partial charge >= 0.3 is 0 Å². The number of halogens is 1. The summed E-state index contributed by atoms with van der Waals surface area (Å²) >= 11 is 0. The first kappa shape index (κ1) is 23.4. The maximum Gasteiger partial charge on any atom is 0.255 e. The fourth-order valence-electron chi connectivity index (χ4n) is 4.11. The van der Waals surface area contributed by atoms with Crippen LogP contribution in [0.4, 0.5) is 15.8 Å².